The Labute approximate surface area is 98.6 Å². The molecule has 2 fully saturated rings. The summed E-state index contributed by atoms with van der Waals surface area (Å²) in [5, 5.41) is 12.3. The van der Waals surface area contributed by atoms with Gasteiger partial charge in [0.2, 0.25) is 0 Å². The molecule has 3 heteroatoms. The Kier molecular flexibility index (Phi) is 4.22. The fourth-order valence-corrected chi connectivity index (χ4v) is 3.00. The lowest BCUT2D eigenvalue weighted by Gasteiger charge is -2.33. The minimum Gasteiger partial charge on any atom is -0.395 e. The Bertz CT molecular complexity index is 214. The van der Waals surface area contributed by atoms with Crippen molar-refractivity contribution in [2.24, 2.45) is 0 Å². The van der Waals surface area contributed by atoms with Gasteiger partial charge < -0.3 is 15.2 Å². The van der Waals surface area contributed by atoms with Crippen molar-refractivity contribution in [1.82, 2.24) is 5.32 Å². The van der Waals surface area contributed by atoms with Crippen LogP contribution in [0.5, 0.6) is 0 Å². The number of aliphatic hydroxyl groups is 1. The lowest BCUT2D eigenvalue weighted by Crippen LogP contribution is -2.38. The lowest BCUT2D eigenvalue weighted by atomic mass is 9.83. The van der Waals surface area contributed by atoms with Crippen LogP contribution in [0.2, 0.25) is 0 Å². The molecule has 1 aliphatic carbocycles. The van der Waals surface area contributed by atoms with E-state index in [0.717, 1.165) is 6.54 Å². The summed E-state index contributed by atoms with van der Waals surface area (Å²) in [6.45, 7) is 3.10. The van der Waals surface area contributed by atoms with Gasteiger partial charge in [0.25, 0.3) is 0 Å². The van der Waals surface area contributed by atoms with Crippen molar-refractivity contribution in [1.29, 1.82) is 0 Å². The first-order valence-electron chi connectivity index (χ1n) is 6.76. The highest BCUT2D eigenvalue weighted by atomic mass is 16.5. The molecule has 0 amide bonds. The van der Waals surface area contributed by atoms with E-state index in [9.17, 15) is 0 Å². The van der Waals surface area contributed by atoms with Gasteiger partial charge in [0.1, 0.15) is 0 Å². The van der Waals surface area contributed by atoms with Gasteiger partial charge >= 0.3 is 0 Å². The van der Waals surface area contributed by atoms with Gasteiger partial charge in [-0.15, -0.1) is 0 Å². The molecular weight excluding hydrogens is 202 g/mol. The zero-order valence-electron chi connectivity index (χ0n) is 10.4. The van der Waals surface area contributed by atoms with E-state index in [1.165, 1.54) is 44.9 Å². The van der Waals surface area contributed by atoms with Gasteiger partial charge in [0.05, 0.1) is 18.3 Å². The third-order valence-corrected chi connectivity index (χ3v) is 4.07. The molecule has 0 radical (unpaired) electrons. The van der Waals surface area contributed by atoms with Crippen LogP contribution < -0.4 is 5.32 Å². The van der Waals surface area contributed by atoms with Crippen LogP contribution in [0.15, 0.2) is 0 Å². The normalized spacial score (nSPS) is 30.8. The molecule has 0 aromatic carbocycles. The van der Waals surface area contributed by atoms with Crippen LogP contribution in [0, 0.1) is 0 Å². The first kappa shape index (κ1) is 12.3. The molecule has 0 aromatic heterocycles. The van der Waals surface area contributed by atoms with E-state index in [0.29, 0.717) is 6.10 Å². The summed E-state index contributed by atoms with van der Waals surface area (Å²) in [7, 11) is 0. The molecule has 16 heavy (non-hydrogen) atoms. The first-order chi connectivity index (χ1) is 7.74. The highest BCUT2D eigenvalue weighted by Crippen LogP contribution is 2.41. The zero-order chi connectivity index (χ0) is 11.4. The average molecular weight is 227 g/mol. The summed E-state index contributed by atoms with van der Waals surface area (Å²) < 4.78 is 6.24. The number of hydrogen-bond acceptors (Lipinski definition) is 3. The first-order valence-corrected chi connectivity index (χ1v) is 6.76. The number of hydrogen-bond donors (Lipinski definition) is 2. The van der Waals surface area contributed by atoms with E-state index in [-0.39, 0.29) is 18.2 Å². The second kappa shape index (κ2) is 5.48. The van der Waals surface area contributed by atoms with Gasteiger partial charge in [-0.1, -0.05) is 19.3 Å². The number of rotatable bonds is 4. The van der Waals surface area contributed by atoms with Crippen molar-refractivity contribution in [3.63, 3.8) is 0 Å². The van der Waals surface area contributed by atoms with Crippen molar-refractivity contribution in [2.45, 2.75) is 69.6 Å². The van der Waals surface area contributed by atoms with Crippen LogP contribution >= 0.6 is 0 Å². The molecule has 0 aromatic rings. The van der Waals surface area contributed by atoms with Gasteiger partial charge in [-0.25, -0.2) is 0 Å². The van der Waals surface area contributed by atoms with Crippen LogP contribution in [-0.2, 0) is 4.74 Å². The number of ether oxygens (including phenoxy) is 1. The van der Waals surface area contributed by atoms with Gasteiger partial charge in [-0.3, -0.25) is 0 Å². The highest BCUT2D eigenvalue weighted by Gasteiger charge is 2.40. The predicted octanol–water partition coefficient (Wildman–Crippen LogP) is 1.84. The third-order valence-electron chi connectivity index (χ3n) is 4.07. The molecule has 1 saturated heterocycles. The summed E-state index contributed by atoms with van der Waals surface area (Å²) in [6.07, 6.45) is 9.39. The minimum atomic E-state index is 0.187. The van der Waals surface area contributed by atoms with E-state index in [1.807, 2.05) is 6.92 Å². The summed E-state index contributed by atoms with van der Waals surface area (Å²) in [4.78, 5) is 0. The SMILES string of the molecule is CC(CO)NCC1CCC2(CCCCC2)O1. The van der Waals surface area contributed by atoms with E-state index in [1.54, 1.807) is 0 Å². The molecule has 1 aliphatic heterocycles. The Hall–Kier alpha value is -0.120. The lowest BCUT2D eigenvalue weighted by molar-refractivity contribution is -0.0631. The summed E-state index contributed by atoms with van der Waals surface area (Å²) in [5.41, 5.74) is 0.229. The Morgan fingerprint density at radius 3 is 2.75 bits per heavy atom. The summed E-state index contributed by atoms with van der Waals surface area (Å²) >= 11 is 0. The molecular formula is C13H25NO2. The van der Waals surface area contributed by atoms with Crippen molar-refractivity contribution in [2.75, 3.05) is 13.2 Å². The van der Waals surface area contributed by atoms with Gasteiger partial charge in [-0.2, -0.15) is 0 Å². The van der Waals surface area contributed by atoms with Crippen LogP contribution in [0.3, 0.4) is 0 Å². The quantitative estimate of drug-likeness (QED) is 0.770. The fourth-order valence-electron chi connectivity index (χ4n) is 3.00. The fraction of sp³-hybridized carbons (Fsp3) is 1.00. The number of nitrogens with one attached hydrogen (secondary N) is 1. The second-order valence-electron chi connectivity index (χ2n) is 5.51. The summed E-state index contributed by atoms with van der Waals surface area (Å²) in [6, 6.07) is 0.187. The monoisotopic (exact) mass is 227 g/mol. The molecule has 2 unspecified atom stereocenters. The molecule has 2 aliphatic rings. The Morgan fingerprint density at radius 1 is 1.31 bits per heavy atom. The third kappa shape index (κ3) is 2.96. The van der Waals surface area contributed by atoms with Gasteiger partial charge in [0.15, 0.2) is 0 Å². The molecule has 94 valence electrons. The topological polar surface area (TPSA) is 41.5 Å². The number of aliphatic hydroxyl groups excluding tert-OH is 1. The maximum absolute atomic E-state index is 8.95. The van der Waals surface area contributed by atoms with Crippen LogP contribution in [0.25, 0.3) is 0 Å². The summed E-state index contributed by atoms with van der Waals surface area (Å²) in [5.74, 6) is 0. The van der Waals surface area contributed by atoms with Crippen LogP contribution in [-0.4, -0.2) is 36.0 Å². The molecule has 2 N–H and O–H groups in total. The van der Waals surface area contributed by atoms with E-state index in [2.05, 4.69) is 5.32 Å². The van der Waals surface area contributed by atoms with Crippen LogP contribution in [0.1, 0.15) is 51.9 Å². The van der Waals surface area contributed by atoms with E-state index < -0.39 is 0 Å². The maximum atomic E-state index is 8.95. The molecule has 3 nitrogen and oxygen atoms in total. The van der Waals surface area contributed by atoms with Crippen molar-refractivity contribution in [3.05, 3.63) is 0 Å². The second-order valence-corrected chi connectivity index (χ2v) is 5.51. The maximum Gasteiger partial charge on any atom is 0.0708 e. The zero-order valence-corrected chi connectivity index (χ0v) is 10.4. The largest absolute Gasteiger partial charge is 0.395 e. The smallest absolute Gasteiger partial charge is 0.0708 e. The molecule has 2 rings (SSSR count). The predicted molar refractivity (Wildman–Crippen MR) is 64.5 cm³/mol. The highest BCUT2D eigenvalue weighted by molar-refractivity contribution is 4.91. The van der Waals surface area contributed by atoms with Crippen LogP contribution in [0.4, 0.5) is 0 Å². The molecule has 0 bridgehead atoms. The molecule has 1 heterocycles. The van der Waals surface area contributed by atoms with Gasteiger partial charge in [0, 0.05) is 12.6 Å². The van der Waals surface area contributed by atoms with Crippen molar-refractivity contribution >= 4 is 0 Å². The van der Waals surface area contributed by atoms with E-state index in [4.69, 9.17) is 9.84 Å². The Morgan fingerprint density at radius 2 is 2.06 bits per heavy atom. The standard InChI is InChI=1S/C13H25NO2/c1-11(10-15)14-9-12-5-8-13(16-12)6-3-2-4-7-13/h11-12,14-15H,2-10H2,1H3. The molecule has 2 atom stereocenters. The van der Waals surface area contributed by atoms with Crippen molar-refractivity contribution in [3.8, 4) is 0 Å². The molecule has 1 saturated carbocycles. The Balaban J connectivity index is 1.74. The minimum absolute atomic E-state index is 0.187. The van der Waals surface area contributed by atoms with E-state index >= 15 is 0 Å². The molecule has 1 spiro atoms. The van der Waals surface area contributed by atoms with Crippen molar-refractivity contribution < 1.29 is 9.84 Å². The average Bonchev–Trinajstić information content (AvgIpc) is 2.70. The van der Waals surface area contributed by atoms with Gasteiger partial charge in [-0.05, 0) is 32.6 Å².